The minimum Gasteiger partial charge on any atom is -0.457 e. The number of hydrogen-bond donors (Lipinski definition) is 2. The number of benzene rings is 2. The Hall–Kier alpha value is -3.35. The molecule has 7 nitrogen and oxygen atoms in total. The lowest BCUT2D eigenvalue weighted by Crippen LogP contribution is -2.38. The average Bonchev–Trinajstić information content (AvgIpc) is 3.21. The summed E-state index contributed by atoms with van der Waals surface area (Å²) in [6.45, 7) is 9.03. The number of hydrogen-bond acceptors (Lipinski definition) is 4. The SMILES string of the molecule is CCNC(=NCc1ccc(C)cc1Oc1ccccc1)NCCn1cnnc1CC. The molecule has 2 N–H and O–H groups in total. The molecule has 0 bridgehead atoms. The number of guanidine groups is 1. The zero-order valence-corrected chi connectivity index (χ0v) is 17.9. The van der Waals surface area contributed by atoms with Crippen molar-refractivity contribution in [2.45, 2.75) is 40.3 Å². The van der Waals surface area contributed by atoms with Gasteiger partial charge in [-0.1, -0.05) is 37.3 Å². The molecule has 0 unspecified atom stereocenters. The van der Waals surface area contributed by atoms with E-state index in [0.717, 1.165) is 60.5 Å². The fourth-order valence-corrected chi connectivity index (χ4v) is 3.04. The summed E-state index contributed by atoms with van der Waals surface area (Å²) < 4.78 is 8.17. The van der Waals surface area contributed by atoms with Gasteiger partial charge in [-0.25, -0.2) is 4.99 Å². The topological polar surface area (TPSA) is 76.4 Å². The zero-order valence-electron chi connectivity index (χ0n) is 17.9. The van der Waals surface area contributed by atoms with Gasteiger partial charge in [-0.15, -0.1) is 10.2 Å². The second-order valence-electron chi connectivity index (χ2n) is 6.94. The normalized spacial score (nSPS) is 11.4. The standard InChI is InChI=1S/C23H30N6O/c1-4-22-28-27-17-29(22)14-13-25-23(24-5-2)26-16-19-12-11-18(3)15-21(19)30-20-9-7-6-8-10-20/h6-12,15,17H,4-5,13-14,16H2,1-3H3,(H2,24,25,26). The van der Waals surface area contributed by atoms with Crippen LogP contribution in [0.2, 0.25) is 0 Å². The summed E-state index contributed by atoms with van der Waals surface area (Å²) in [5.74, 6) is 3.41. The monoisotopic (exact) mass is 406 g/mol. The summed E-state index contributed by atoms with van der Waals surface area (Å²) in [7, 11) is 0. The molecule has 0 radical (unpaired) electrons. The molecular weight excluding hydrogens is 376 g/mol. The van der Waals surface area contributed by atoms with Crippen LogP contribution < -0.4 is 15.4 Å². The zero-order chi connectivity index (χ0) is 21.2. The molecule has 0 aliphatic rings. The van der Waals surface area contributed by atoms with Gasteiger partial charge in [0.25, 0.3) is 0 Å². The van der Waals surface area contributed by atoms with Crippen LogP contribution in [-0.2, 0) is 19.5 Å². The van der Waals surface area contributed by atoms with E-state index in [1.54, 1.807) is 6.33 Å². The highest BCUT2D eigenvalue weighted by Crippen LogP contribution is 2.27. The minimum absolute atomic E-state index is 0.518. The van der Waals surface area contributed by atoms with Crippen LogP contribution in [0.5, 0.6) is 11.5 Å². The summed E-state index contributed by atoms with van der Waals surface area (Å²) in [5.41, 5.74) is 2.19. The van der Waals surface area contributed by atoms with Gasteiger partial charge in [0.2, 0.25) is 0 Å². The molecule has 3 aromatic rings. The Labute approximate surface area is 178 Å². The number of rotatable bonds is 9. The number of aromatic nitrogens is 3. The van der Waals surface area contributed by atoms with Crippen molar-refractivity contribution in [1.29, 1.82) is 0 Å². The van der Waals surface area contributed by atoms with Crippen molar-refractivity contribution >= 4 is 5.96 Å². The number of nitrogens with zero attached hydrogens (tertiary/aromatic N) is 4. The molecule has 0 spiro atoms. The Kier molecular flexibility index (Phi) is 7.83. The smallest absolute Gasteiger partial charge is 0.191 e. The van der Waals surface area contributed by atoms with E-state index >= 15 is 0 Å². The maximum atomic E-state index is 6.11. The molecule has 30 heavy (non-hydrogen) atoms. The quantitative estimate of drug-likeness (QED) is 0.419. The first-order chi connectivity index (χ1) is 14.7. The van der Waals surface area contributed by atoms with Gasteiger partial charge in [0.15, 0.2) is 5.96 Å². The van der Waals surface area contributed by atoms with E-state index in [9.17, 15) is 0 Å². The fraction of sp³-hybridized carbons (Fsp3) is 0.348. The average molecular weight is 407 g/mol. The molecule has 0 amide bonds. The van der Waals surface area contributed by atoms with Crippen LogP contribution in [0.25, 0.3) is 0 Å². The first-order valence-corrected chi connectivity index (χ1v) is 10.4. The highest BCUT2D eigenvalue weighted by atomic mass is 16.5. The van der Waals surface area contributed by atoms with Crippen molar-refractivity contribution in [2.24, 2.45) is 4.99 Å². The van der Waals surface area contributed by atoms with Crippen molar-refractivity contribution in [1.82, 2.24) is 25.4 Å². The van der Waals surface area contributed by atoms with Crippen molar-refractivity contribution in [3.8, 4) is 11.5 Å². The second-order valence-corrected chi connectivity index (χ2v) is 6.94. The first-order valence-electron chi connectivity index (χ1n) is 10.4. The van der Waals surface area contributed by atoms with Gasteiger partial charge >= 0.3 is 0 Å². The Morgan fingerprint density at radius 1 is 1.10 bits per heavy atom. The van der Waals surface area contributed by atoms with E-state index in [1.165, 1.54) is 0 Å². The van der Waals surface area contributed by atoms with E-state index in [1.807, 2.05) is 30.3 Å². The van der Waals surface area contributed by atoms with E-state index in [-0.39, 0.29) is 0 Å². The molecule has 158 valence electrons. The first kappa shape index (κ1) is 21.4. The maximum absolute atomic E-state index is 6.11. The number of ether oxygens (including phenoxy) is 1. The molecule has 0 fully saturated rings. The summed E-state index contributed by atoms with van der Waals surface area (Å²) >= 11 is 0. The van der Waals surface area contributed by atoms with Crippen LogP contribution in [0.15, 0.2) is 59.9 Å². The number of aryl methyl sites for hydroxylation is 2. The van der Waals surface area contributed by atoms with E-state index < -0.39 is 0 Å². The molecule has 3 rings (SSSR count). The maximum Gasteiger partial charge on any atom is 0.191 e. The summed E-state index contributed by atoms with van der Waals surface area (Å²) in [5, 5.41) is 14.8. The van der Waals surface area contributed by atoms with Crippen LogP contribution in [0, 0.1) is 6.92 Å². The summed E-state index contributed by atoms with van der Waals surface area (Å²) in [4.78, 5) is 4.75. The molecule has 0 saturated heterocycles. The summed E-state index contributed by atoms with van der Waals surface area (Å²) in [6, 6.07) is 16.0. The van der Waals surface area contributed by atoms with Gasteiger partial charge in [-0.2, -0.15) is 0 Å². The lowest BCUT2D eigenvalue weighted by molar-refractivity contribution is 0.476. The fourth-order valence-electron chi connectivity index (χ4n) is 3.04. The minimum atomic E-state index is 0.518. The third kappa shape index (κ3) is 6.07. The van der Waals surface area contributed by atoms with Crippen LogP contribution >= 0.6 is 0 Å². The molecule has 0 saturated carbocycles. The lowest BCUT2D eigenvalue weighted by Gasteiger charge is -2.14. The van der Waals surface area contributed by atoms with Crippen LogP contribution in [0.4, 0.5) is 0 Å². The molecule has 1 aromatic heterocycles. The van der Waals surface area contributed by atoms with Gasteiger partial charge in [0, 0.05) is 31.6 Å². The van der Waals surface area contributed by atoms with E-state index in [4.69, 9.17) is 9.73 Å². The van der Waals surface area contributed by atoms with Gasteiger partial charge < -0.3 is 19.9 Å². The van der Waals surface area contributed by atoms with Crippen LogP contribution in [0.1, 0.15) is 30.8 Å². The Balaban J connectivity index is 1.66. The lowest BCUT2D eigenvalue weighted by atomic mass is 10.1. The van der Waals surface area contributed by atoms with Gasteiger partial charge in [0.1, 0.15) is 23.7 Å². The predicted molar refractivity (Wildman–Crippen MR) is 120 cm³/mol. The third-order valence-electron chi connectivity index (χ3n) is 4.60. The predicted octanol–water partition coefficient (Wildman–Crippen LogP) is 3.70. The van der Waals surface area contributed by atoms with Crippen molar-refractivity contribution in [2.75, 3.05) is 13.1 Å². The highest BCUT2D eigenvalue weighted by molar-refractivity contribution is 5.79. The number of nitrogens with one attached hydrogen (secondary N) is 2. The molecule has 1 heterocycles. The number of para-hydroxylation sites is 1. The highest BCUT2D eigenvalue weighted by Gasteiger charge is 2.07. The van der Waals surface area contributed by atoms with Crippen LogP contribution in [-0.4, -0.2) is 33.8 Å². The Morgan fingerprint density at radius 3 is 2.70 bits per heavy atom. The van der Waals surface area contributed by atoms with Gasteiger partial charge in [-0.05, 0) is 37.6 Å². The van der Waals surface area contributed by atoms with Gasteiger partial charge in [-0.3, -0.25) is 0 Å². The van der Waals surface area contributed by atoms with E-state index in [0.29, 0.717) is 6.54 Å². The largest absolute Gasteiger partial charge is 0.457 e. The molecule has 0 atom stereocenters. The molecule has 7 heteroatoms. The molecule has 2 aromatic carbocycles. The van der Waals surface area contributed by atoms with Crippen LogP contribution in [0.3, 0.4) is 0 Å². The summed E-state index contributed by atoms with van der Waals surface area (Å²) in [6.07, 6.45) is 2.63. The van der Waals surface area contributed by atoms with Crippen molar-refractivity contribution in [3.05, 3.63) is 71.8 Å². The molecule has 0 aliphatic heterocycles. The van der Waals surface area contributed by atoms with Crippen molar-refractivity contribution in [3.63, 3.8) is 0 Å². The Morgan fingerprint density at radius 2 is 1.93 bits per heavy atom. The van der Waals surface area contributed by atoms with Gasteiger partial charge in [0.05, 0.1) is 6.54 Å². The number of aliphatic imine (C=N–C) groups is 1. The molecular formula is C23H30N6O. The Bertz CT molecular complexity index is 951. The molecule has 0 aliphatic carbocycles. The third-order valence-corrected chi connectivity index (χ3v) is 4.60. The van der Waals surface area contributed by atoms with Crippen molar-refractivity contribution < 1.29 is 4.74 Å². The second kappa shape index (κ2) is 11.0. The van der Waals surface area contributed by atoms with E-state index in [2.05, 4.69) is 64.4 Å².